The molecule has 96 valence electrons. The van der Waals surface area contributed by atoms with Gasteiger partial charge in [0.1, 0.15) is 6.04 Å². The van der Waals surface area contributed by atoms with E-state index in [9.17, 15) is 4.79 Å². The highest BCUT2D eigenvalue weighted by molar-refractivity contribution is 9.10. The topological polar surface area (TPSA) is 54.0 Å². The molecule has 1 aliphatic rings. The largest absolute Gasteiger partial charge is 0.324 e. The molecule has 1 unspecified atom stereocenters. The number of aromatic nitrogens is 1. The molecule has 0 fully saturated rings. The van der Waals surface area contributed by atoms with E-state index in [1.165, 1.54) is 0 Å². The maximum absolute atomic E-state index is 12.0. The lowest BCUT2D eigenvalue weighted by Crippen LogP contribution is -2.27. The summed E-state index contributed by atoms with van der Waals surface area (Å²) in [6.45, 7) is 0.564. The lowest BCUT2D eigenvalue weighted by Gasteiger charge is -2.10. The van der Waals surface area contributed by atoms with E-state index in [2.05, 4.69) is 31.5 Å². The Labute approximate surface area is 119 Å². The Hall–Kier alpha value is -1.72. The minimum atomic E-state index is -0.315. The number of fused-ring (bicyclic) bond motifs is 1. The predicted octanol–water partition coefficient (Wildman–Crippen LogP) is 2.63. The number of benzene rings is 1. The summed E-state index contributed by atoms with van der Waals surface area (Å²) < 4.78 is 0.955. The van der Waals surface area contributed by atoms with Gasteiger partial charge in [0.15, 0.2) is 0 Å². The number of hydrogen-bond donors (Lipinski definition) is 2. The van der Waals surface area contributed by atoms with Gasteiger partial charge >= 0.3 is 0 Å². The third-order valence-electron chi connectivity index (χ3n) is 3.06. The van der Waals surface area contributed by atoms with Crippen molar-refractivity contribution in [2.24, 2.45) is 0 Å². The van der Waals surface area contributed by atoms with Crippen LogP contribution in [-0.4, -0.2) is 10.9 Å². The number of nitrogens with zero attached hydrogens (tertiary/aromatic N) is 1. The van der Waals surface area contributed by atoms with Gasteiger partial charge in [-0.2, -0.15) is 0 Å². The first-order valence-electron chi connectivity index (χ1n) is 5.97. The van der Waals surface area contributed by atoms with Crippen LogP contribution in [0.3, 0.4) is 0 Å². The quantitative estimate of drug-likeness (QED) is 0.915. The van der Waals surface area contributed by atoms with Crippen LogP contribution in [0.25, 0.3) is 0 Å². The van der Waals surface area contributed by atoms with Gasteiger partial charge in [-0.25, -0.2) is 0 Å². The normalized spacial score (nSPS) is 17.1. The van der Waals surface area contributed by atoms with Gasteiger partial charge in [0.25, 0.3) is 0 Å². The molecule has 2 heterocycles. The molecule has 1 atom stereocenters. The number of hydrogen-bond acceptors (Lipinski definition) is 3. The van der Waals surface area contributed by atoms with Gasteiger partial charge in [-0.3, -0.25) is 15.1 Å². The molecule has 3 rings (SSSR count). The molecule has 2 aromatic rings. The molecule has 1 aromatic heterocycles. The number of carbonyl (C=O) groups is 1. The number of anilines is 1. The van der Waals surface area contributed by atoms with Crippen LogP contribution in [0.2, 0.25) is 0 Å². The highest BCUT2D eigenvalue weighted by Gasteiger charge is 2.29. The molecule has 2 N–H and O–H groups in total. The van der Waals surface area contributed by atoms with Crippen molar-refractivity contribution in [1.29, 1.82) is 0 Å². The molecular weight excluding hydrogens is 306 g/mol. The van der Waals surface area contributed by atoms with E-state index in [0.29, 0.717) is 6.54 Å². The lowest BCUT2D eigenvalue weighted by atomic mass is 10.1. The number of halogens is 1. The summed E-state index contributed by atoms with van der Waals surface area (Å²) >= 11 is 3.40. The van der Waals surface area contributed by atoms with Gasteiger partial charge < -0.3 is 5.32 Å². The van der Waals surface area contributed by atoms with Crippen molar-refractivity contribution in [2.75, 3.05) is 5.32 Å². The van der Waals surface area contributed by atoms with Crippen LogP contribution in [0.15, 0.2) is 47.1 Å². The average Bonchev–Trinajstić information content (AvgIpc) is 2.72. The van der Waals surface area contributed by atoms with E-state index in [1.807, 2.05) is 36.4 Å². The fourth-order valence-corrected chi connectivity index (χ4v) is 2.51. The SMILES string of the molecule is O=C1Nc2cc(Br)ccc2C1NCc1ccccn1. The summed E-state index contributed by atoms with van der Waals surface area (Å²) in [4.78, 5) is 16.2. The number of pyridine rings is 1. The van der Waals surface area contributed by atoms with E-state index in [1.54, 1.807) is 6.20 Å². The van der Waals surface area contributed by atoms with Crippen LogP contribution in [0, 0.1) is 0 Å². The van der Waals surface area contributed by atoms with Crippen molar-refractivity contribution >= 4 is 27.5 Å². The Balaban J connectivity index is 1.77. The summed E-state index contributed by atoms with van der Waals surface area (Å²) in [5.74, 6) is -0.0240. The maximum atomic E-state index is 12.0. The van der Waals surface area contributed by atoms with Gasteiger partial charge in [0.05, 0.1) is 5.69 Å². The van der Waals surface area contributed by atoms with Gasteiger partial charge in [0.2, 0.25) is 5.91 Å². The molecule has 1 aromatic carbocycles. The third kappa shape index (κ3) is 2.52. The Morgan fingerprint density at radius 1 is 1.32 bits per heavy atom. The van der Waals surface area contributed by atoms with Gasteiger partial charge in [0, 0.05) is 28.5 Å². The highest BCUT2D eigenvalue weighted by Crippen LogP contribution is 2.33. The van der Waals surface area contributed by atoms with E-state index < -0.39 is 0 Å². The van der Waals surface area contributed by atoms with E-state index in [0.717, 1.165) is 21.4 Å². The van der Waals surface area contributed by atoms with Crippen LogP contribution >= 0.6 is 15.9 Å². The predicted molar refractivity (Wildman–Crippen MR) is 76.6 cm³/mol. The minimum absolute atomic E-state index is 0.0240. The van der Waals surface area contributed by atoms with E-state index >= 15 is 0 Å². The van der Waals surface area contributed by atoms with E-state index in [4.69, 9.17) is 0 Å². The van der Waals surface area contributed by atoms with Crippen molar-refractivity contribution < 1.29 is 4.79 Å². The molecule has 0 bridgehead atoms. The molecule has 0 saturated heterocycles. The number of nitrogens with one attached hydrogen (secondary N) is 2. The molecule has 1 amide bonds. The molecule has 0 radical (unpaired) electrons. The van der Waals surface area contributed by atoms with Crippen molar-refractivity contribution in [2.45, 2.75) is 12.6 Å². The van der Waals surface area contributed by atoms with Gasteiger partial charge in [-0.05, 0) is 24.3 Å². The summed E-state index contributed by atoms with van der Waals surface area (Å²) in [5.41, 5.74) is 2.75. The first-order chi connectivity index (χ1) is 9.24. The highest BCUT2D eigenvalue weighted by atomic mass is 79.9. The summed E-state index contributed by atoms with van der Waals surface area (Å²) in [7, 11) is 0. The van der Waals surface area contributed by atoms with Crippen molar-refractivity contribution in [3.8, 4) is 0 Å². The van der Waals surface area contributed by atoms with Crippen LogP contribution < -0.4 is 10.6 Å². The zero-order valence-electron chi connectivity index (χ0n) is 10.1. The lowest BCUT2D eigenvalue weighted by molar-refractivity contribution is -0.117. The number of amides is 1. The summed E-state index contributed by atoms with van der Waals surface area (Å²) in [6.07, 6.45) is 1.75. The molecule has 5 heteroatoms. The zero-order chi connectivity index (χ0) is 13.2. The fourth-order valence-electron chi connectivity index (χ4n) is 2.15. The standard InChI is InChI=1S/C14H12BrN3O/c15-9-4-5-11-12(7-9)18-14(19)13(11)17-8-10-3-1-2-6-16-10/h1-7,13,17H,8H2,(H,18,19). The molecule has 0 saturated carbocycles. The smallest absolute Gasteiger partial charge is 0.246 e. The zero-order valence-corrected chi connectivity index (χ0v) is 11.6. The third-order valence-corrected chi connectivity index (χ3v) is 3.55. The fraction of sp³-hybridized carbons (Fsp3) is 0.143. The van der Waals surface area contributed by atoms with Gasteiger partial charge in [-0.1, -0.05) is 28.1 Å². The van der Waals surface area contributed by atoms with Crippen LogP contribution in [0.1, 0.15) is 17.3 Å². The monoisotopic (exact) mass is 317 g/mol. The molecule has 1 aliphatic heterocycles. The average molecular weight is 318 g/mol. The minimum Gasteiger partial charge on any atom is -0.324 e. The Morgan fingerprint density at radius 3 is 3.00 bits per heavy atom. The maximum Gasteiger partial charge on any atom is 0.246 e. The molecule has 19 heavy (non-hydrogen) atoms. The van der Waals surface area contributed by atoms with Crippen molar-refractivity contribution in [3.63, 3.8) is 0 Å². The Morgan fingerprint density at radius 2 is 2.21 bits per heavy atom. The second-order valence-electron chi connectivity index (χ2n) is 4.36. The molecular formula is C14H12BrN3O. The summed E-state index contributed by atoms with van der Waals surface area (Å²) in [6, 6.07) is 11.2. The van der Waals surface area contributed by atoms with E-state index in [-0.39, 0.29) is 11.9 Å². The van der Waals surface area contributed by atoms with Crippen molar-refractivity contribution in [3.05, 3.63) is 58.3 Å². The summed E-state index contributed by atoms with van der Waals surface area (Å²) in [5, 5.41) is 6.11. The first kappa shape index (κ1) is 12.3. The van der Waals surface area contributed by atoms with Gasteiger partial charge in [-0.15, -0.1) is 0 Å². The second kappa shape index (κ2) is 5.11. The number of rotatable bonds is 3. The molecule has 4 nitrogen and oxygen atoms in total. The first-order valence-corrected chi connectivity index (χ1v) is 6.77. The second-order valence-corrected chi connectivity index (χ2v) is 5.27. The van der Waals surface area contributed by atoms with Crippen molar-refractivity contribution in [1.82, 2.24) is 10.3 Å². The van der Waals surface area contributed by atoms with Crippen LogP contribution in [0.4, 0.5) is 5.69 Å². The molecule has 0 aliphatic carbocycles. The molecule has 0 spiro atoms. The Kier molecular flexibility index (Phi) is 3.31. The number of carbonyl (C=O) groups excluding carboxylic acids is 1. The Bertz CT molecular complexity index is 615. The van der Waals surface area contributed by atoms with Crippen LogP contribution in [0.5, 0.6) is 0 Å². The van der Waals surface area contributed by atoms with Crippen LogP contribution in [-0.2, 0) is 11.3 Å².